The lowest BCUT2D eigenvalue weighted by molar-refractivity contribution is -0.155. The zero-order chi connectivity index (χ0) is 27.5. The van der Waals surface area contributed by atoms with Crippen LogP contribution >= 0.6 is 23.4 Å². The molecule has 0 radical (unpaired) electrons. The van der Waals surface area contributed by atoms with Crippen LogP contribution in [0.5, 0.6) is 0 Å². The van der Waals surface area contributed by atoms with Gasteiger partial charge in [0.25, 0.3) is 5.91 Å². The molecule has 7 nitrogen and oxygen atoms in total. The van der Waals surface area contributed by atoms with Gasteiger partial charge in [0.1, 0.15) is 6.04 Å². The van der Waals surface area contributed by atoms with Crippen LogP contribution in [0, 0.1) is 11.8 Å². The molecule has 3 aliphatic rings. The predicted molar refractivity (Wildman–Crippen MR) is 151 cm³/mol. The number of halogens is 1. The van der Waals surface area contributed by atoms with Gasteiger partial charge >= 0.3 is 5.97 Å². The smallest absolute Gasteiger partial charge is 0.311 e. The standard InChI is InChI=1S/C29H37ClN2O5S/c1-4-6-9-19-37-27(36)23-22-25(34)32(17-7-8-18-33)24(29(22)15-14-28(23,3)38-29)26(35)31(16-5-2)21-12-10-20(30)11-13-21/h4-5,10-13,22-24,33H,1-2,6-9,14-19H2,3H3/t22-,23+,24?,28-,29?/m0/s1. The Balaban J connectivity index is 1.71. The van der Waals surface area contributed by atoms with Crippen LogP contribution < -0.4 is 4.90 Å². The van der Waals surface area contributed by atoms with Crippen LogP contribution in [0.3, 0.4) is 0 Å². The minimum absolute atomic E-state index is 0.00899. The van der Waals surface area contributed by atoms with Crippen molar-refractivity contribution in [3.63, 3.8) is 0 Å². The van der Waals surface area contributed by atoms with Crippen LogP contribution in [-0.2, 0) is 19.1 Å². The molecule has 0 aliphatic carbocycles. The quantitative estimate of drug-likeness (QED) is 0.215. The van der Waals surface area contributed by atoms with E-state index in [1.54, 1.807) is 58.0 Å². The summed E-state index contributed by atoms with van der Waals surface area (Å²) in [6, 6.07) is 6.30. The van der Waals surface area contributed by atoms with Crippen molar-refractivity contribution < 1.29 is 24.2 Å². The van der Waals surface area contributed by atoms with E-state index in [2.05, 4.69) is 13.2 Å². The van der Waals surface area contributed by atoms with Crippen LogP contribution in [-0.4, -0.2) is 69.6 Å². The highest BCUT2D eigenvalue weighted by atomic mass is 35.5. The van der Waals surface area contributed by atoms with E-state index in [4.69, 9.17) is 16.3 Å². The third kappa shape index (κ3) is 5.03. The van der Waals surface area contributed by atoms with Crippen LogP contribution in [0.2, 0.25) is 5.02 Å². The Morgan fingerprint density at radius 1 is 1.21 bits per heavy atom. The van der Waals surface area contributed by atoms with Crippen LogP contribution in [0.15, 0.2) is 49.6 Å². The molecule has 4 rings (SSSR count). The number of unbranched alkanes of at least 4 members (excludes halogenated alkanes) is 2. The third-order valence-electron chi connectivity index (χ3n) is 8.08. The molecule has 0 aromatic heterocycles. The summed E-state index contributed by atoms with van der Waals surface area (Å²) < 4.78 is 4.47. The number of likely N-dealkylation sites (tertiary alicyclic amines) is 1. The van der Waals surface area contributed by atoms with Gasteiger partial charge in [-0.15, -0.1) is 24.9 Å². The minimum atomic E-state index is -0.736. The molecule has 3 heterocycles. The minimum Gasteiger partial charge on any atom is -0.465 e. The monoisotopic (exact) mass is 560 g/mol. The van der Waals surface area contributed by atoms with Gasteiger partial charge in [0, 0.05) is 35.2 Å². The molecule has 1 N–H and O–H groups in total. The molecule has 1 aromatic rings. The van der Waals surface area contributed by atoms with Crippen molar-refractivity contribution in [2.75, 3.05) is 31.2 Å². The van der Waals surface area contributed by atoms with Gasteiger partial charge in [-0.2, -0.15) is 0 Å². The lowest BCUT2D eigenvalue weighted by atomic mass is 9.66. The number of rotatable bonds is 13. The molecule has 2 amide bonds. The van der Waals surface area contributed by atoms with E-state index in [1.807, 2.05) is 6.92 Å². The molecular weight excluding hydrogens is 524 g/mol. The van der Waals surface area contributed by atoms with Gasteiger partial charge in [-0.25, -0.2) is 0 Å². The summed E-state index contributed by atoms with van der Waals surface area (Å²) in [6.07, 6.45) is 7.36. The van der Waals surface area contributed by atoms with Crippen LogP contribution in [0.25, 0.3) is 0 Å². The second-order valence-corrected chi connectivity index (χ2v) is 12.8. The predicted octanol–water partition coefficient (Wildman–Crippen LogP) is 4.62. The van der Waals surface area contributed by atoms with Gasteiger partial charge in [0.2, 0.25) is 5.91 Å². The first kappa shape index (κ1) is 28.7. The number of nitrogens with zero attached hydrogens (tertiary/aromatic N) is 2. The number of thioether (sulfide) groups is 1. The Bertz CT molecular complexity index is 1080. The van der Waals surface area contributed by atoms with E-state index < -0.39 is 27.4 Å². The van der Waals surface area contributed by atoms with E-state index >= 15 is 0 Å². The van der Waals surface area contributed by atoms with Gasteiger partial charge in [-0.3, -0.25) is 14.4 Å². The number of benzene rings is 1. The van der Waals surface area contributed by atoms with Crippen molar-refractivity contribution in [3.8, 4) is 0 Å². The number of aliphatic hydroxyl groups is 1. The Morgan fingerprint density at radius 2 is 1.95 bits per heavy atom. The molecule has 1 spiro atoms. The fraction of sp³-hybridized carbons (Fsp3) is 0.552. The summed E-state index contributed by atoms with van der Waals surface area (Å²) in [7, 11) is 0. The fourth-order valence-electron chi connectivity index (χ4n) is 6.41. The molecule has 0 saturated carbocycles. The number of aliphatic hydroxyl groups excluding tert-OH is 1. The number of fused-ring (bicyclic) bond motifs is 1. The van der Waals surface area contributed by atoms with Gasteiger partial charge in [-0.1, -0.05) is 23.8 Å². The molecule has 1 aromatic carbocycles. The van der Waals surface area contributed by atoms with E-state index in [0.717, 1.165) is 12.8 Å². The fourth-order valence-corrected chi connectivity index (χ4v) is 8.87. The Kier molecular flexibility index (Phi) is 8.95. The maximum Gasteiger partial charge on any atom is 0.311 e. The van der Waals surface area contributed by atoms with Gasteiger partial charge in [-0.05, 0) is 69.7 Å². The average molecular weight is 561 g/mol. The van der Waals surface area contributed by atoms with Crippen molar-refractivity contribution >= 4 is 46.8 Å². The maximum absolute atomic E-state index is 14.4. The summed E-state index contributed by atoms with van der Waals surface area (Å²) in [5.74, 6) is -1.95. The number of carbonyl (C=O) groups is 3. The first-order chi connectivity index (χ1) is 18.2. The molecule has 3 aliphatic heterocycles. The topological polar surface area (TPSA) is 87.1 Å². The SMILES string of the molecule is C=CCCCOC(=O)[C@H]1[C@H]2C(=O)N(CCCCO)C(C(=O)N(CC=C)c3ccc(Cl)cc3)C23CC[C@]1(C)S3. The highest BCUT2D eigenvalue weighted by Crippen LogP contribution is 2.71. The van der Waals surface area contributed by atoms with Crippen molar-refractivity contribution in [1.82, 2.24) is 4.90 Å². The van der Waals surface area contributed by atoms with E-state index in [1.165, 1.54) is 0 Å². The highest BCUT2D eigenvalue weighted by molar-refractivity contribution is 8.02. The molecule has 2 bridgehead atoms. The Hall–Kier alpha value is -2.29. The largest absolute Gasteiger partial charge is 0.465 e. The van der Waals surface area contributed by atoms with E-state index in [9.17, 15) is 19.5 Å². The number of anilines is 1. The summed E-state index contributed by atoms with van der Waals surface area (Å²) in [5, 5.41) is 9.94. The molecule has 3 saturated heterocycles. The Labute approximate surface area is 234 Å². The van der Waals surface area contributed by atoms with Crippen molar-refractivity contribution in [1.29, 1.82) is 0 Å². The van der Waals surface area contributed by atoms with Gasteiger partial charge < -0.3 is 19.6 Å². The number of carbonyl (C=O) groups excluding carboxylic acids is 3. The number of hydrogen-bond acceptors (Lipinski definition) is 6. The number of allylic oxidation sites excluding steroid dienone is 1. The normalized spacial score (nSPS) is 29.3. The number of ether oxygens (including phenoxy) is 1. The van der Waals surface area contributed by atoms with Crippen LogP contribution in [0.4, 0.5) is 5.69 Å². The first-order valence-corrected chi connectivity index (χ1v) is 14.5. The highest BCUT2D eigenvalue weighted by Gasteiger charge is 2.77. The summed E-state index contributed by atoms with van der Waals surface area (Å²) >= 11 is 7.73. The van der Waals surface area contributed by atoms with Crippen molar-refractivity contribution in [3.05, 3.63) is 54.6 Å². The van der Waals surface area contributed by atoms with Crippen molar-refractivity contribution in [2.24, 2.45) is 11.8 Å². The molecule has 2 unspecified atom stereocenters. The first-order valence-electron chi connectivity index (χ1n) is 13.3. The lowest BCUT2D eigenvalue weighted by Gasteiger charge is -2.37. The molecular formula is C29H37ClN2O5S. The summed E-state index contributed by atoms with van der Waals surface area (Å²) in [4.78, 5) is 45.3. The number of amides is 2. The maximum atomic E-state index is 14.4. The zero-order valence-corrected chi connectivity index (χ0v) is 23.5. The second-order valence-electron chi connectivity index (χ2n) is 10.5. The molecule has 38 heavy (non-hydrogen) atoms. The average Bonchev–Trinajstić information content (AvgIpc) is 3.46. The van der Waals surface area contributed by atoms with E-state index in [-0.39, 0.29) is 37.5 Å². The van der Waals surface area contributed by atoms with Crippen molar-refractivity contribution in [2.45, 2.75) is 61.0 Å². The molecule has 3 fully saturated rings. The molecule has 9 heteroatoms. The van der Waals surface area contributed by atoms with Gasteiger partial charge in [0.05, 0.1) is 23.2 Å². The van der Waals surface area contributed by atoms with E-state index in [0.29, 0.717) is 42.9 Å². The third-order valence-corrected chi connectivity index (χ3v) is 10.3. The zero-order valence-electron chi connectivity index (χ0n) is 21.9. The van der Waals surface area contributed by atoms with Gasteiger partial charge in [0.15, 0.2) is 0 Å². The van der Waals surface area contributed by atoms with Crippen LogP contribution in [0.1, 0.15) is 45.4 Å². The Morgan fingerprint density at radius 3 is 2.61 bits per heavy atom. The summed E-state index contributed by atoms with van der Waals surface area (Å²) in [6.45, 7) is 10.5. The second kappa shape index (κ2) is 11.8. The lowest BCUT2D eigenvalue weighted by Crippen LogP contribution is -2.55. The number of hydrogen-bond donors (Lipinski definition) is 1. The molecule has 206 valence electrons. The number of esters is 1. The molecule has 5 atom stereocenters. The summed E-state index contributed by atoms with van der Waals surface area (Å²) in [5.41, 5.74) is 0.670.